The summed E-state index contributed by atoms with van der Waals surface area (Å²) in [4.78, 5) is 0. The van der Waals surface area contributed by atoms with Gasteiger partial charge in [-0.15, -0.1) is 0 Å². The summed E-state index contributed by atoms with van der Waals surface area (Å²) in [5, 5.41) is 3.35. The second kappa shape index (κ2) is 3.94. The molecule has 2 saturated heterocycles. The second-order valence-corrected chi connectivity index (χ2v) is 7.45. The number of rotatable bonds is 2. The van der Waals surface area contributed by atoms with Crippen molar-refractivity contribution in [3.8, 4) is 0 Å². The summed E-state index contributed by atoms with van der Waals surface area (Å²) in [5.74, 6) is 0.497. The Morgan fingerprint density at radius 3 is 2.56 bits per heavy atom. The molecule has 2 rings (SSSR count). The average Bonchev–Trinajstić information content (AvgIpc) is 2.54. The van der Waals surface area contributed by atoms with Gasteiger partial charge in [0.15, 0.2) is 0 Å². The zero-order valence-electron chi connectivity index (χ0n) is 10.2. The summed E-state index contributed by atoms with van der Waals surface area (Å²) < 4.78 is 28.4. The van der Waals surface area contributed by atoms with E-state index in [1.165, 1.54) is 0 Å². The summed E-state index contributed by atoms with van der Waals surface area (Å²) in [6.07, 6.45) is 1.09. The first-order valence-corrected chi connectivity index (χ1v) is 7.24. The highest BCUT2D eigenvalue weighted by Crippen LogP contribution is 2.26. The van der Waals surface area contributed by atoms with Crippen LogP contribution in [0.15, 0.2) is 0 Å². The van der Waals surface area contributed by atoms with Crippen molar-refractivity contribution in [2.45, 2.75) is 38.8 Å². The van der Waals surface area contributed by atoms with E-state index in [-0.39, 0.29) is 0 Å². The second-order valence-electron chi connectivity index (χ2n) is 5.78. The number of hydrogen-bond acceptors (Lipinski definition) is 3. The quantitative estimate of drug-likeness (QED) is 0.717. The Labute approximate surface area is 97.8 Å². The predicted molar refractivity (Wildman–Crippen MR) is 63.3 cm³/mol. The fourth-order valence-electron chi connectivity index (χ4n) is 2.46. The van der Waals surface area contributed by atoms with Gasteiger partial charge < -0.3 is 5.32 Å². The molecule has 0 aliphatic carbocycles. The summed E-state index contributed by atoms with van der Waals surface area (Å²) in [7, 11) is -3.32. The first-order chi connectivity index (χ1) is 7.28. The van der Waals surface area contributed by atoms with Crippen molar-refractivity contribution in [3.63, 3.8) is 0 Å². The third-order valence-corrected chi connectivity index (χ3v) is 4.95. The van der Waals surface area contributed by atoms with E-state index in [2.05, 4.69) is 10.0 Å². The average molecular weight is 247 g/mol. The smallest absolute Gasteiger partial charge is 0.279 e. The predicted octanol–water partition coefficient (Wildman–Crippen LogP) is -0.0870. The Morgan fingerprint density at radius 1 is 1.31 bits per heavy atom. The molecule has 0 aromatic carbocycles. The molecule has 6 heteroatoms. The minimum absolute atomic E-state index is 0.358. The lowest BCUT2D eigenvalue weighted by atomic mass is 10.1. The summed E-state index contributed by atoms with van der Waals surface area (Å²) in [6, 6.07) is 0.358. The Kier molecular flexibility index (Phi) is 3.03. The van der Waals surface area contributed by atoms with Crippen LogP contribution in [0.5, 0.6) is 0 Å². The molecule has 5 nitrogen and oxygen atoms in total. The maximum atomic E-state index is 12.1. The van der Waals surface area contributed by atoms with Crippen LogP contribution in [0.4, 0.5) is 0 Å². The molecular formula is C10H21N3O2S. The molecule has 94 valence electrons. The molecule has 16 heavy (non-hydrogen) atoms. The van der Waals surface area contributed by atoms with E-state index in [4.69, 9.17) is 0 Å². The van der Waals surface area contributed by atoms with Gasteiger partial charge in [-0.2, -0.15) is 17.4 Å². The van der Waals surface area contributed by atoms with Gasteiger partial charge in [0.25, 0.3) is 10.2 Å². The fraction of sp³-hybridized carbons (Fsp3) is 1.00. The van der Waals surface area contributed by atoms with Crippen molar-refractivity contribution in [1.82, 2.24) is 14.3 Å². The van der Waals surface area contributed by atoms with Crippen LogP contribution in [0.2, 0.25) is 0 Å². The van der Waals surface area contributed by atoms with Gasteiger partial charge in [0.2, 0.25) is 0 Å². The molecule has 0 radical (unpaired) electrons. The Morgan fingerprint density at radius 2 is 2.00 bits per heavy atom. The third-order valence-electron chi connectivity index (χ3n) is 3.10. The van der Waals surface area contributed by atoms with Gasteiger partial charge >= 0.3 is 0 Å². The first-order valence-electron chi connectivity index (χ1n) is 5.80. The third kappa shape index (κ3) is 2.56. The van der Waals surface area contributed by atoms with Crippen molar-refractivity contribution in [1.29, 1.82) is 0 Å². The normalized spacial score (nSPS) is 31.9. The highest BCUT2D eigenvalue weighted by molar-refractivity contribution is 7.87. The largest absolute Gasteiger partial charge is 0.312 e. The highest BCUT2D eigenvalue weighted by atomic mass is 32.2. The van der Waals surface area contributed by atoms with Crippen LogP contribution in [0.1, 0.15) is 27.2 Å². The summed E-state index contributed by atoms with van der Waals surface area (Å²) >= 11 is 0. The monoisotopic (exact) mass is 247 g/mol. The van der Waals surface area contributed by atoms with Crippen molar-refractivity contribution in [3.05, 3.63) is 0 Å². The maximum absolute atomic E-state index is 12.1. The molecular weight excluding hydrogens is 226 g/mol. The molecule has 0 aromatic rings. The van der Waals surface area contributed by atoms with E-state index in [0.717, 1.165) is 13.0 Å². The lowest BCUT2D eigenvalue weighted by molar-refractivity contribution is 0.411. The van der Waals surface area contributed by atoms with Crippen LogP contribution in [0.25, 0.3) is 0 Å². The summed E-state index contributed by atoms with van der Waals surface area (Å²) in [6.45, 7) is 7.87. The molecule has 0 amide bonds. The lowest BCUT2D eigenvalue weighted by Crippen LogP contribution is -2.49. The zero-order valence-corrected chi connectivity index (χ0v) is 11.0. The lowest BCUT2D eigenvalue weighted by Gasteiger charge is -2.25. The van der Waals surface area contributed by atoms with Gasteiger partial charge in [-0.1, -0.05) is 0 Å². The number of nitrogens with one attached hydrogen (secondary N) is 2. The van der Waals surface area contributed by atoms with Crippen molar-refractivity contribution in [2.75, 3.05) is 19.6 Å². The molecule has 0 aromatic heterocycles. The standard InChI is InChI=1S/C10H21N3O2S/c1-10(2,3)12-16(14,15)13-6-8-4-5-11-9(8)7-13/h8-9,11-12H,4-7H2,1-3H3/t8-,9+/m0/s1. The van der Waals surface area contributed by atoms with E-state index in [1.807, 2.05) is 20.8 Å². The molecule has 2 heterocycles. The van der Waals surface area contributed by atoms with Gasteiger partial charge in [0, 0.05) is 24.7 Å². The minimum Gasteiger partial charge on any atom is -0.312 e. The SMILES string of the molecule is CC(C)(C)NS(=O)(=O)N1C[C@@H]2CCN[C@@H]2C1. The molecule has 0 saturated carbocycles. The van der Waals surface area contributed by atoms with Gasteiger partial charge in [0.1, 0.15) is 0 Å². The van der Waals surface area contributed by atoms with Gasteiger partial charge in [-0.05, 0) is 39.7 Å². The number of hydrogen-bond donors (Lipinski definition) is 2. The van der Waals surface area contributed by atoms with Crippen molar-refractivity contribution >= 4 is 10.2 Å². The first kappa shape index (κ1) is 12.3. The fourth-order valence-corrected chi connectivity index (χ4v) is 4.10. The zero-order chi connectivity index (χ0) is 12.0. The van der Waals surface area contributed by atoms with Crippen LogP contribution in [-0.2, 0) is 10.2 Å². The highest BCUT2D eigenvalue weighted by Gasteiger charge is 2.41. The van der Waals surface area contributed by atoms with Crippen LogP contribution in [0.3, 0.4) is 0 Å². The van der Waals surface area contributed by atoms with E-state index in [0.29, 0.717) is 25.0 Å². The molecule has 0 bridgehead atoms. The molecule has 2 fully saturated rings. The van der Waals surface area contributed by atoms with E-state index in [1.54, 1.807) is 4.31 Å². The Balaban J connectivity index is 2.03. The van der Waals surface area contributed by atoms with E-state index in [9.17, 15) is 8.42 Å². The van der Waals surface area contributed by atoms with Crippen LogP contribution in [-0.4, -0.2) is 43.9 Å². The van der Waals surface area contributed by atoms with Crippen molar-refractivity contribution < 1.29 is 8.42 Å². The van der Waals surface area contributed by atoms with E-state index >= 15 is 0 Å². The summed E-state index contributed by atoms with van der Waals surface area (Å²) in [5.41, 5.74) is -0.413. The molecule has 0 spiro atoms. The van der Waals surface area contributed by atoms with Gasteiger partial charge in [0.05, 0.1) is 0 Å². The molecule has 2 atom stereocenters. The van der Waals surface area contributed by atoms with E-state index < -0.39 is 15.7 Å². The van der Waals surface area contributed by atoms with Crippen LogP contribution in [0, 0.1) is 5.92 Å². The van der Waals surface area contributed by atoms with Gasteiger partial charge in [-0.3, -0.25) is 0 Å². The van der Waals surface area contributed by atoms with Crippen molar-refractivity contribution in [2.24, 2.45) is 5.92 Å². The Bertz CT molecular complexity index is 349. The van der Waals surface area contributed by atoms with Crippen LogP contribution < -0.4 is 10.0 Å². The topological polar surface area (TPSA) is 61.4 Å². The molecule has 2 N–H and O–H groups in total. The minimum atomic E-state index is -3.32. The number of fused-ring (bicyclic) bond motifs is 1. The Hall–Kier alpha value is -0.170. The van der Waals surface area contributed by atoms with Crippen LogP contribution >= 0.6 is 0 Å². The number of nitrogens with zero attached hydrogens (tertiary/aromatic N) is 1. The molecule has 2 aliphatic heterocycles. The van der Waals surface area contributed by atoms with Gasteiger partial charge in [-0.25, -0.2) is 0 Å². The maximum Gasteiger partial charge on any atom is 0.279 e. The molecule has 0 unspecified atom stereocenters. The molecule has 2 aliphatic rings.